The second-order valence-corrected chi connectivity index (χ2v) is 43.5. The summed E-state index contributed by atoms with van der Waals surface area (Å²) in [5.74, 6) is 16.6. The number of nitrogens with one attached hydrogen (secondary N) is 4. The molecule has 7 aliphatic heterocycles. The standard InChI is InChI=1S/C17H32O3.C13H25NO.C10H21N.C9H20N2O2S.C9H16N2S.C9H14N2.C9H15N2.C8H16.C7H16N2.C6H14.CH3/c1-6-17(4,5)16(20)15(19)12-8-11-14(18)10-7-9-13(2)3;1-9(2)11-7-12(14-8-11)13(15)10-5-3-4-6-10;1-8(2)10-5-6-11(7-10)9(3)4;1-7(2)8-4-9(10-5-8)6-11-14(3,12)13;1-7(2)8-5-11(6-8)9-10-3-4-12-9;1-7(2)8-5-9-10-3-4-11(9)6-8;1-8(2)9-6-10-4-3-5-11(10)7-9;1-4-5-6-7-8(2)3;1-6(2)5-7(8)9(3)4;1-4-5-6(2)3;/h13,16,20H,6-12H2,1-5H3;9-15H,3-8H2,1-2H3;8-10H,5-7H2,1-4H3;7-11H,4-6H2,1-3H3;7-8H,3-6H2,1-2H3;3-4,7-8H,5-6H2,1-2H3;3-5,8-9H,6-7H2,1-2H3;4,8H,1,5-7H2,2-3H3;6,8H,5H2,1-4H3;6H,4-5H2,1-3H3;1H3/q;;;;;;+1;;;;-1/t16-;11-,12-,13+;10-;8-,9-;;8-;;;;;/m1000.1...../s1. The van der Waals surface area contributed by atoms with Crippen LogP contribution in [-0.2, 0) is 45.7 Å². The molecule has 0 radical (unpaired) electrons. The van der Waals surface area contributed by atoms with Crippen LogP contribution in [0.25, 0.3) is 0 Å². The molecule has 5 fully saturated rings. The van der Waals surface area contributed by atoms with Crippen LogP contribution < -0.4 is 20.0 Å². The van der Waals surface area contributed by atoms with Gasteiger partial charge in [0.1, 0.15) is 17.7 Å². The van der Waals surface area contributed by atoms with Gasteiger partial charge in [0, 0.05) is 127 Å². The van der Waals surface area contributed by atoms with Crippen LogP contribution in [-0.4, -0.2) is 179 Å². The number of Topliss-reactive ketones (excluding diaryl/α,β-unsaturated/α-hetero) is 2. The number of aliphatic imine (C=N–C) groups is 1. The number of amidine groups is 2. The van der Waals surface area contributed by atoms with E-state index in [1.807, 2.05) is 63.8 Å². The number of hydrogen-bond acceptors (Lipinski definition) is 14. The fourth-order valence-corrected chi connectivity index (χ4v) is 17.0. The molecule has 118 heavy (non-hydrogen) atoms. The summed E-state index contributed by atoms with van der Waals surface area (Å²) in [4.78, 5) is 39.1. The lowest BCUT2D eigenvalue weighted by molar-refractivity contribution is -0.760. The second-order valence-electron chi connectivity index (χ2n) is 40.6. The number of carbonyl (C=O) groups excluding carboxylic acids is 2. The Hall–Kier alpha value is -3.50. The molecule has 0 bridgehead atoms. The van der Waals surface area contributed by atoms with E-state index in [-0.39, 0.29) is 30.5 Å². The normalized spacial score (nSPS) is 21.4. The Kier molecular flexibility index (Phi) is 59.9. The number of sulfonamides is 1. The lowest BCUT2D eigenvalue weighted by atomic mass is 9.81. The van der Waals surface area contributed by atoms with E-state index in [0.717, 1.165) is 129 Å². The molecular weight excluding hydrogens is 1510 g/mol. The van der Waals surface area contributed by atoms with Gasteiger partial charge in [0.2, 0.25) is 10.0 Å². The van der Waals surface area contributed by atoms with Crippen LogP contribution in [0, 0.1) is 119 Å². The Bertz CT molecular complexity index is 2940. The minimum absolute atomic E-state index is 0. The van der Waals surface area contributed by atoms with Gasteiger partial charge in [-0.15, -0.1) is 11.3 Å². The van der Waals surface area contributed by atoms with E-state index >= 15 is 0 Å². The van der Waals surface area contributed by atoms with Crippen molar-refractivity contribution in [3.05, 3.63) is 56.8 Å². The van der Waals surface area contributed by atoms with E-state index in [1.165, 1.54) is 146 Å². The van der Waals surface area contributed by atoms with Crippen LogP contribution in [0.2, 0.25) is 0 Å². The van der Waals surface area contributed by atoms with Gasteiger partial charge in [-0.2, -0.15) is 4.68 Å². The van der Waals surface area contributed by atoms with Crippen molar-refractivity contribution < 1.29 is 32.9 Å². The number of hydrogen-bond donors (Lipinski definition) is 6. The summed E-state index contributed by atoms with van der Waals surface area (Å²) in [6.45, 7) is 73.6. The number of nitrogens with zero attached hydrogens (tertiary/aromatic N) is 8. The molecule has 20 heteroatoms. The molecule has 0 amide bonds. The largest absolute Gasteiger partial charge is 0.391 e. The van der Waals surface area contributed by atoms with E-state index in [0.29, 0.717) is 79.7 Å². The molecule has 9 heterocycles. The number of ketones is 2. The minimum Gasteiger partial charge on any atom is -0.391 e. The van der Waals surface area contributed by atoms with Crippen LogP contribution in [0.15, 0.2) is 48.5 Å². The Labute approximate surface area is 733 Å². The van der Waals surface area contributed by atoms with E-state index in [4.69, 9.17) is 5.41 Å². The molecule has 0 aromatic carbocycles. The lowest BCUT2D eigenvalue weighted by Crippen LogP contribution is -2.50. The van der Waals surface area contributed by atoms with Gasteiger partial charge in [0.15, 0.2) is 23.7 Å². The monoisotopic (exact) mass is 1700 g/mol. The molecule has 2 aromatic heterocycles. The van der Waals surface area contributed by atoms with Crippen LogP contribution in [0.4, 0.5) is 0 Å². The molecule has 1 saturated carbocycles. The average molecular weight is 1700 g/mol. The predicted octanol–water partition coefficient (Wildman–Crippen LogP) is 20.5. The molecule has 10 rings (SSSR count). The van der Waals surface area contributed by atoms with Crippen molar-refractivity contribution in [3.63, 3.8) is 0 Å². The molecule has 8 aliphatic rings. The number of carbonyl (C=O) groups is 2. The van der Waals surface area contributed by atoms with Gasteiger partial charge in [-0.1, -0.05) is 223 Å². The molecular formula is C98H192N12O6S2. The molecule has 8 atom stereocenters. The molecule has 18 nitrogen and oxygen atoms in total. The zero-order chi connectivity index (χ0) is 88.9. The van der Waals surface area contributed by atoms with Crippen LogP contribution in [0.1, 0.15) is 314 Å². The number of aromatic nitrogens is 4. The van der Waals surface area contributed by atoms with Gasteiger partial charge in [0.25, 0.3) is 0 Å². The number of aliphatic hydroxyl groups is 2. The third kappa shape index (κ3) is 49.3. The number of thioether (sulfide) groups is 1. The van der Waals surface area contributed by atoms with E-state index < -0.39 is 16.1 Å². The summed E-state index contributed by atoms with van der Waals surface area (Å²) in [7, 11) is 0.776. The van der Waals surface area contributed by atoms with Crippen LogP contribution in [0.3, 0.4) is 0 Å². The average Bonchev–Trinajstić information content (AvgIpc) is 1.59. The maximum Gasteiger partial charge on any atom is 0.208 e. The first-order valence-corrected chi connectivity index (χ1v) is 50.0. The predicted molar refractivity (Wildman–Crippen MR) is 510 cm³/mol. The van der Waals surface area contributed by atoms with Gasteiger partial charge in [-0.25, -0.2) is 18.1 Å². The van der Waals surface area contributed by atoms with Crippen molar-refractivity contribution in [1.82, 2.24) is 44.3 Å². The van der Waals surface area contributed by atoms with Crippen molar-refractivity contribution in [1.29, 1.82) is 5.41 Å². The first-order valence-electron chi connectivity index (χ1n) is 47.2. The zero-order valence-corrected chi connectivity index (χ0v) is 83.8. The lowest BCUT2D eigenvalue weighted by Gasteiger charge is -2.42. The number of unbranched alkanes of at least 4 members (excludes halogenated alkanes) is 1. The van der Waals surface area contributed by atoms with Crippen LogP contribution in [0.5, 0.6) is 0 Å². The Morgan fingerprint density at radius 3 is 1.69 bits per heavy atom. The van der Waals surface area contributed by atoms with Gasteiger partial charge in [-0.3, -0.25) is 20.0 Å². The molecule has 2 aromatic rings. The maximum absolute atomic E-state index is 11.9. The number of likely N-dealkylation sites (tertiary alicyclic amines) is 2. The number of allylic oxidation sites excluding steroid dienone is 1. The fourth-order valence-electron chi connectivity index (χ4n) is 15.7. The summed E-state index contributed by atoms with van der Waals surface area (Å²) < 4.78 is 31.1. The van der Waals surface area contributed by atoms with Gasteiger partial charge < -0.3 is 47.5 Å². The van der Waals surface area contributed by atoms with Crippen molar-refractivity contribution in [2.24, 2.45) is 111 Å². The summed E-state index contributed by atoms with van der Waals surface area (Å²) in [5, 5.41) is 35.8. The second kappa shape index (κ2) is 61.8. The highest BCUT2D eigenvalue weighted by Crippen LogP contribution is 2.35. The molecule has 0 unspecified atom stereocenters. The number of rotatable bonds is 31. The van der Waals surface area contributed by atoms with Gasteiger partial charge >= 0.3 is 0 Å². The van der Waals surface area contributed by atoms with Gasteiger partial charge in [0.05, 0.1) is 37.5 Å². The highest BCUT2D eigenvalue weighted by Gasteiger charge is 2.37. The number of aliphatic hydroxyl groups excluding tert-OH is 2. The van der Waals surface area contributed by atoms with E-state index in [9.17, 15) is 28.2 Å². The first kappa shape index (κ1) is 114. The third-order valence-electron chi connectivity index (χ3n) is 25.4. The maximum atomic E-state index is 11.9. The SMILES string of the molecule is C=CCCCC(C)C.CC(C)C1CN(C2=NCCS2)C1.CC(C)C1Cn2ccc[n+]2C1.CC(C)CC(=N)N(C)C.CC(C)[C@@H]1CN[C@H](CNS(C)(=O)=O)C1.CC(C)[C@@H]1CN[C@H]([C@H](O)C2CCCC2)C1.CC(C)[C@@H]1Cc2nccn2C1.CC(C)[C@H]1CCN(C(C)C)C1.CCC(C)(C)[C@H](O)C(=O)CCCC(=O)CCCC(C)C.CCCC(C)C.[CH3-]. The van der Waals surface area contributed by atoms with E-state index in [1.54, 1.807) is 0 Å². The first-order chi connectivity index (χ1) is 54.8. The van der Waals surface area contributed by atoms with Gasteiger partial charge in [-0.05, 0) is 198 Å². The topological polar surface area (TPSA) is 217 Å². The van der Waals surface area contributed by atoms with Crippen LogP contribution >= 0.6 is 11.8 Å². The summed E-state index contributed by atoms with van der Waals surface area (Å²) in [5.41, 5.74) is -0.377. The van der Waals surface area contributed by atoms with Crippen molar-refractivity contribution in [2.75, 3.05) is 78.5 Å². The van der Waals surface area contributed by atoms with E-state index in [2.05, 4.69) is 240 Å². The summed E-state index contributed by atoms with van der Waals surface area (Å²) in [6.07, 6.45) is 32.6. The molecule has 1 aliphatic carbocycles. The number of fused-ring (bicyclic) bond motifs is 2. The zero-order valence-electron chi connectivity index (χ0n) is 82.1. The Morgan fingerprint density at radius 1 is 0.695 bits per heavy atom. The smallest absolute Gasteiger partial charge is 0.208 e. The Morgan fingerprint density at radius 2 is 1.25 bits per heavy atom. The Balaban J connectivity index is 0.00000130. The number of imidazole rings is 1. The summed E-state index contributed by atoms with van der Waals surface area (Å²) in [6, 6.07) is 3.53. The highest BCUT2D eigenvalue weighted by molar-refractivity contribution is 8.14. The van der Waals surface area contributed by atoms with Crippen molar-refractivity contribution in [3.8, 4) is 0 Å². The van der Waals surface area contributed by atoms with Crippen molar-refractivity contribution >= 4 is 44.4 Å². The quantitative estimate of drug-likeness (QED) is 0.0104. The molecule has 6 N–H and O–H groups in total. The fraction of sp³-hybridized carbons (Fsp3) is 0.867. The molecule has 4 saturated heterocycles. The molecule has 692 valence electrons. The highest BCUT2D eigenvalue weighted by atomic mass is 32.2. The third-order valence-corrected chi connectivity index (χ3v) is 27.1. The van der Waals surface area contributed by atoms with Crippen molar-refractivity contribution in [2.45, 2.75) is 365 Å². The molecule has 0 spiro atoms. The summed E-state index contributed by atoms with van der Waals surface area (Å²) >= 11 is 1.92. The minimum atomic E-state index is -3.04.